The Hall–Kier alpha value is -2.47. The molecule has 0 N–H and O–H groups in total. The third-order valence-corrected chi connectivity index (χ3v) is 6.48. The molecule has 3 rings (SSSR count). The van der Waals surface area contributed by atoms with Gasteiger partial charge in [-0.25, -0.2) is 8.42 Å². The second-order valence-corrected chi connectivity index (χ2v) is 9.53. The number of fused-ring (bicyclic) bond motifs is 1. The van der Waals surface area contributed by atoms with Crippen LogP contribution in [0.25, 0.3) is 0 Å². The van der Waals surface area contributed by atoms with Crippen LogP contribution in [-0.2, 0) is 9.84 Å². The third kappa shape index (κ3) is 4.27. The Bertz CT molecular complexity index is 909. The van der Waals surface area contributed by atoms with E-state index in [1.54, 1.807) is 50.2 Å². The van der Waals surface area contributed by atoms with Crippen molar-refractivity contribution in [2.24, 2.45) is 0 Å². The Morgan fingerprint density at radius 1 is 0.778 bits per heavy atom. The van der Waals surface area contributed by atoms with E-state index in [1.165, 1.54) is 4.90 Å². The van der Waals surface area contributed by atoms with Crippen LogP contribution in [0.5, 0.6) is 0 Å². The summed E-state index contributed by atoms with van der Waals surface area (Å²) in [5.74, 6) is -0.360. The van der Waals surface area contributed by atoms with Crippen LogP contribution >= 0.6 is 0 Å². The Kier molecular flexibility index (Phi) is 6.21. The number of rotatable bonds is 3. The number of carbonyl (C=O) groups excluding carboxylic acids is 2. The van der Waals surface area contributed by atoms with Crippen molar-refractivity contribution in [3.8, 4) is 0 Å². The van der Waals surface area contributed by atoms with Gasteiger partial charge in [0, 0.05) is 6.04 Å². The van der Waals surface area contributed by atoms with E-state index in [-0.39, 0.29) is 23.1 Å². The normalized spacial score (nSPS) is 13.7. The molecular formula is C21H25NO4S. The SMILES string of the molecule is CC(C)N1C(=O)c2ccccc2C1=O.Cc1ccc(S(=O)(=O)C(C)C)cc1. The van der Waals surface area contributed by atoms with Crippen molar-refractivity contribution < 1.29 is 18.0 Å². The average molecular weight is 388 g/mol. The molecule has 2 amide bonds. The number of hydrogen-bond acceptors (Lipinski definition) is 4. The summed E-state index contributed by atoms with van der Waals surface area (Å²) in [7, 11) is -3.09. The third-order valence-electron chi connectivity index (χ3n) is 4.31. The van der Waals surface area contributed by atoms with Crippen molar-refractivity contribution in [2.75, 3.05) is 0 Å². The molecule has 2 aromatic rings. The first-order chi connectivity index (χ1) is 12.6. The lowest BCUT2D eigenvalue weighted by molar-refractivity contribution is 0.0609. The molecule has 144 valence electrons. The van der Waals surface area contributed by atoms with Crippen LogP contribution < -0.4 is 0 Å². The van der Waals surface area contributed by atoms with Crippen LogP contribution in [0, 0.1) is 6.92 Å². The minimum Gasteiger partial charge on any atom is -0.272 e. The standard InChI is InChI=1S/C11H11NO2.C10H14O2S/c1-7(2)12-10(13)8-5-3-4-6-9(8)11(12)14;1-8(2)13(11,12)10-6-4-9(3)5-7-10/h3-7H,1-2H3;4-8H,1-3H3. The van der Waals surface area contributed by atoms with Crippen molar-refractivity contribution >= 4 is 21.7 Å². The summed E-state index contributed by atoms with van der Waals surface area (Å²) in [5, 5.41) is -0.352. The van der Waals surface area contributed by atoms with Gasteiger partial charge in [-0.1, -0.05) is 29.8 Å². The van der Waals surface area contributed by atoms with Crippen molar-refractivity contribution in [1.29, 1.82) is 0 Å². The van der Waals surface area contributed by atoms with E-state index in [1.807, 2.05) is 32.9 Å². The van der Waals surface area contributed by atoms with Crippen molar-refractivity contribution in [1.82, 2.24) is 4.90 Å². The van der Waals surface area contributed by atoms with Gasteiger partial charge in [-0.3, -0.25) is 14.5 Å². The molecule has 1 heterocycles. The van der Waals surface area contributed by atoms with Gasteiger partial charge in [0.15, 0.2) is 9.84 Å². The molecule has 0 saturated heterocycles. The second-order valence-electron chi connectivity index (χ2n) is 7.03. The van der Waals surface area contributed by atoms with E-state index >= 15 is 0 Å². The van der Waals surface area contributed by atoms with Crippen LogP contribution in [0.2, 0.25) is 0 Å². The summed E-state index contributed by atoms with van der Waals surface area (Å²) in [5.41, 5.74) is 2.11. The number of amides is 2. The predicted octanol–water partition coefficient (Wildman–Crippen LogP) is 3.87. The van der Waals surface area contributed by atoms with Gasteiger partial charge in [0.2, 0.25) is 0 Å². The van der Waals surface area contributed by atoms with Crippen molar-refractivity contribution in [3.05, 3.63) is 65.2 Å². The molecule has 6 heteroatoms. The first kappa shape index (κ1) is 20.8. The maximum Gasteiger partial charge on any atom is 0.261 e. The van der Waals surface area contributed by atoms with Crippen LogP contribution in [0.4, 0.5) is 0 Å². The Morgan fingerprint density at radius 2 is 1.22 bits per heavy atom. The minimum absolute atomic E-state index is 0.0811. The first-order valence-corrected chi connectivity index (χ1v) is 10.4. The molecule has 0 fully saturated rings. The van der Waals surface area contributed by atoms with Gasteiger partial charge in [0.25, 0.3) is 11.8 Å². The number of imide groups is 1. The summed E-state index contributed by atoms with van der Waals surface area (Å²) in [6.07, 6.45) is 0. The van der Waals surface area contributed by atoms with Gasteiger partial charge in [-0.05, 0) is 58.9 Å². The van der Waals surface area contributed by atoms with E-state index in [9.17, 15) is 18.0 Å². The molecule has 0 unspecified atom stereocenters. The number of nitrogens with zero attached hydrogens (tertiary/aromatic N) is 1. The molecule has 5 nitrogen and oxygen atoms in total. The molecule has 1 aliphatic heterocycles. The van der Waals surface area contributed by atoms with E-state index in [2.05, 4.69) is 0 Å². The number of aryl methyl sites for hydroxylation is 1. The topological polar surface area (TPSA) is 71.5 Å². The predicted molar refractivity (Wildman–Crippen MR) is 106 cm³/mol. The number of carbonyl (C=O) groups is 2. The van der Waals surface area contributed by atoms with Gasteiger partial charge in [-0.15, -0.1) is 0 Å². The number of hydrogen-bond donors (Lipinski definition) is 0. The lowest BCUT2D eigenvalue weighted by atomic mass is 10.1. The van der Waals surface area contributed by atoms with E-state index in [0.717, 1.165) is 5.56 Å². The molecule has 2 aromatic carbocycles. The highest BCUT2D eigenvalue weighted by molar-refractivity contribution is 7.92. The molecule has 1 aliphatic rings. The Balaban J connectivity index is 0.000000194. The second kappa shape index (κ2) is 8.05. The van der Waals surface area contributed by atoms with Crippen molar-refractivity contribution in [2.45, 2.75) is 50.8 Å². The van der Waals surface area contributed by atoms with Gasteiger partial charge < -0.3 is 0 Å². The molecular weight excluding hydrogens is 362 g/mol. The summed E-state index contributed by atoms with van der Waals surface area (Å²) >= 11 is 0. The highest BCUT2D eigenvalue weighted by atomic mass is 32.2. The van der Waals surface area contributed by atoms with Gasteiger partial charge in [-0.2, -0.15) is 0 Å². The molecule has 27 heavy (non-hydrogen) atoms. The molecule has 0 aliphatic carbocycles. The maximum atomic E-state index is 11.8. The monoisotopic (exact) mass is 387 g/mol. The van der Waals surface area contributed by atoms with Crippen LogP contribution in [-0.4, -0.2) is 36.4 Å². The lowest BCUT2D eigenvalue weighted by Crippen LogP contribution is -2.35. The van der Waals surface area contributed by atoms with Gasteiger partial charge >= 0.3 is 0 Å². The fourth-order valence-electron chi connectivity index (χ4n) is 2.68. The van der Waals surface area contributed by atoms with E-state index < -0.39 is 9.84 Å². The van der Waals surface area contributed by atoms with Gasteiger partial charge in [0.1, 0.15) is 0 Å². The number of sulfone groups is 1. The zero-order valence-corrected chi connectivity index (χ0v) is 17.1. The van der Waals surface area contributed by atoms with Crippen LogP contribution in [0.3, 0.4) is 0 Å². The zero-order valence-electron chi connectivity index (χ0n) is 16.3. The Morgan fingerprint density at radius 3 is 1.59 bits per heavy atom. The fraction of sp³-hybridized carbons (Fsp3) is 0.333. The highest BCUT2D eigenvalue weighted by Crippen LogP contribution is 2.23. The first-order valence-electron chi connectivity index (χ1n) is 8.84. The molecule has 0 aromatic heterocycles. The smallest absolute Gasteiger partial charge is 0.261 e. The summed E-state index contributed by atoms with van der Waals surface area (Å²) in [4.78, 5) is 25.2. The van der Waals surface area contributed by atoms with Crippen LogP contribution in [0.15, 0.2) is 53.4 Å². The summed E-state index contributed by atoms with van der Waals surface area (Å²) in [6, 6.07) is 13.8. The molecule has 0 saturated carbocycles. The molecule has 0 spiro atoms. The summed E-state index contributed by atoms with van der Waals surface area (Å²) in [6.45, 7) is 8.99. The quantitative estimate of drug-likeness (QED) is 0.750. The maximum absolute atomic E-state index is 11.8. The average Bonchev–Trinajstić information content (AvgIpc) is 2.87. The van der Waals surface area contributed by atoms with Crippen molar-refractivity contribution in [3.63, 3.8) is 0 Å². The van der Waals surface area contributed by atoms with Gasteiger partial charge in [0.05, 0.1) is 21.3 Å². The zero-order chi connectivity index (χ0) is 20.4. The van der Waals surface area contributed by atoms with Crippen LogP contribution in [0.1, 0.15) is 54.0 Å². The largest absolute Gasteiger partial charge is 0.272 e. The molecule has 0 atom stereocenters. The Labute approximate surface area is 160 Å². The van der Waals surface area contributed by atoms with E-state index in [4.69, 9.17) is 0 Å². The number of benzene rings is 2. The molecule has 0 bridgehead atoms. The summed E-state index contributed by atoms with van der Waals surface area (Å²) < 4.78 is 23.3. The van der Waals surface area contributed by atoms with E-state index in [0.29, 0.717) is 16.0 Å². The minimum atomic E-state index is -3.09. The lowest BCUT2D eigenvalue weighted by Gasteiger charge is -2.17. The highest BCUT2D eigenvalue weighted by Gasteiger charge is 2.36. The molecule has 0 radical (unpaired) electrons. The fourth-order valence-corrected chi connectivity index (χ4v) is 3.74.